The molecular formula is C14H18N2O. The van der Waals surface area contributed by atoms with Crippen LogP contribution in [0.2, 0.25) is 0 Å². The molecule has 0 fully saturated rings. The summed E-state index contributed by atoms with van der Waals surface area (Å²) in [4.78, 5) is 4.13. The van der Waals surface area contributed by atoms with Crippen molar-refractivity contribution in [1.29, 1.82) is 0 Å². The van der Waals surface area contributed by atoms with Crippen molar-refractivity contribution in [1.82, 2.24) is 10.3 Å². The molecule has 0 saturated heterocycles. The van der Waals surface area contributed by atoms with Gasteiger partial charge in [-0.3, -0.25) is 4.98 Å². The van der Waals surface area contributed by atoms with E-state index >= 15 is 0 Å². The predicted octanol–water partition coefficient (Wildman–Crippen LogP) is 2.96. The van der Waals surface area contributed by atoms with Crippen LogP contribution in [0.3, 0.4) is 0 Å². The SMILES string of the molecule is CCNC(CCc1cccnc1)c1ccoc1. The van der Waals surface area contributed by atoms with Crippen LogP contribution in [0.5, 0.6) is 0 Å². The smallest absolute Gasteiger partial charge is 0.0950 e. The van der Waals surface area contributed by atoms with E-state index in [1.165, 1.54) is 11.1 Å². The molecule has 0 aliphatic heterocycles. The van der Waals surface area contributed by atoms with E-state index in [-0.39, 0.29) is 0 Å². The Morgan fingerprint density at radius 1 is 1.41 bits per heavy atom. The van der Waals surface area contributed by atoms with Gasteiger partial charge in [-0.1, -0.05) is 13.0 Å². The molecule has 3 nitrogen and oxygen atoms in total. The van der Waals surface area contributed by atoms with Crippen molar-refractivity contribution in [2.75, 3.05) is 6.54 Å². The van der Waals surface area contributed by atoms with Gasteiger partial charge in [0.1, 0.15) is 0 Å². The molecule has 0 spiro atoms. The molecule has 0 bridgehead atoms. The van der Waals surface area contributed by atoms with E-state index in [0.717, 1.165) is 19.4 Å². The number of nitrogens with zero attached hydrogens (tertiary/aromatic N) is 1. The molecule has 3 heteroatoms. The summed E-state index contributed by atoms with van der Waals surface area (Å²) in [6.07, 6.45) is 9.36. The van der Waals surface area contributed by atoms with Crippen molar-refractivity contribution in [2.45, 2.75) is 25.8 Å². The van der Waals surface area contributed by atoms with Crippen molar-refractivity contribution < 1.29 is 4.42 Å². The van der Waals surface area contributed by atoms with Crippen molar-refractivity contribution in [2.24, 2.45) is 0 Å². The van der Waals surface area contributed by atoms with Crippen LogP contribution in [-0.2, 0) is 6.42 Å². The number of furan rings is 1. The van der Waals surface area contributed by atoms with Crippen molar-refractivity contribution in [3.8, 4) is 0 Å². The maximum absolute atomic E-state index is 5.14. The Hall–Kier alpha value is -1.61. The zero-order valence-electron chi connectivity index (χ0n) is 10.1. The minimum absolute atomic E-state index is 0.360. The van der Waals surface area contributed by atoms with Gasteiger partial charge in [0.05, 0.1) is 12.5 Å². The van der Waals surface area contributed by atoms with Crippen molar-refractivity contribution in [3.63, 3.8) is 0 Å². The minimum atomic E-state index is 0.360. The molecule has 2 rings (SSSR count). The number of hydrogen-bond acceptors (Lipinski definition) is 3. The molecule has 0 aliphatic rings. The molecule has 0 radical (unpaired) electrons. The molecule has 0 aliphatic carbocycles. The third-order valence-electron chi connectivity index (χ3n) is 2.84. The summed E-state index contributed by atoms with van der Waals surface area (Å²) in [6, 6.07) is 6.48. The summed E-state index contributed by atoms with van der Waals surface area (Å²) in [5.41, 5.74) is 2.50. The maximum Gasteiger partial charge on any atom is 0.0950 e. The number of aromatic nitrogens is 1. The molecule has 1 N–H and O–H groups in total. The number of hydrogen-bond donors (Lipinski definition) is 1. The lowest BCUT2D eigenvalue weighted by Gasteiger charge is -2.15. The maximum atomic E-state index is 5.14. The van der Waals surface area contributed by atoms with Crippen LogP contribution < -0.4 is 5.32 Å². The summed E-state index contributed by atoms with van der Waals surface area (Å²) in [5, 5.41) is 3.47. The molecule has 17 heavy (non-hydrogen) atoms. The topological polar surface area (TPSA) is 38.1 Å². The number of nitrogens with one attached hydrogen (secondary N) is 1. The van der Waals surface area contributed by atoms with Gasteiger partial charge in [0, 0.05) is 24.0 Å². The second-order valence-corrected chi connectivity index (χ2v) is 4.07. The normalized spacial score (nSPS) is 12.5. The molecule has 2 heterocycles. The van der Waals surface area contributed by atoms with Gasteiger partial charge in [0.25, 0.3) is 0 Å². The Bertz CT molecular complexity index is 411. The first-order chi connectivity index (χ1) is 8.40. The fourth-order valence-corrected chi connectivity index (χ4v) is 1.96. The fraction of sp³-hybridized carbons (Fsp3) is 0.357. The predicted molar refractivity (Wildman–Crippen MR) is 67.7 cm³/mol. The first-order valence-electron chi connectivity index (χ1n) is 6.04. The van der Waals surface area contributed by atoms with E-state index in [1.807, 2.05) is 24.6 Å². The van der Waals surface area contributed by atoms with Gasteiger partial charge in [0.15, 0.2) is 0 Å². The lowest BCUT2D eigenvalue weighted by Crippen LogP contribution is -2.21. The highest BCUT2D eigenvalue weighted by Crippen LogP contribution is 2.19. The number of pyridine rings is 1. The zero-order chi connectivity index (χ0) is 11.9. The van der Waals surface area contributed by atoms with Gasteiger partial charge in [-0.2, -0.15) is 0 Å². The Morgan fingerprint density at radius 2 is 2.35 bits per heavy atom. The van der Waals surface area contributed by atoms with Crippen LogP contribution in [0.4, 0.5) is 0 Å². The van der Waals surface area contributed by atoms with Crippen LogP contribution in [0, 0.1) is 0 Å². The molecule has 0 amide bonds. The quantitative estimate of drug-likeness (QED) is 0.829. The van der Waals surface area contributed by atoms with E-state index in [0.29, 0.717) is 6.04 Å². The number of rotatable bonds is 6. The molecule has 90 valence electrons. The van der Waals surface area contributed by atoms with Crippen LogP contribution in [0.25, 0.3) is 0 Å². The van der Waals surface area contributed by atoms with E-state index in [4.69, 9.17) is 4.42 Å². The summed E-state index contributed by atoms with van der Waals surface area (Å²) >= 11 is 0. The molecule has 0 aromatic carbocycles. The summed E-state index contributed by atoms with van der Waals surface area (Å²) in [5.74, 6) is 0. The van der Waals surface area contributed by atoms with Crippen LogP contribution in [-0.4, -0.2) is 11.5 Å². The van der Waals surface area contributed by atoms with E-state index < -0.39 is 0 Å². The second kappa shape index (κ2) is 6.21. The van der Waals surface area contributed by atoms with Crippen LogP contribution in [0.1, 0.15) is 30.5 Å². The van der Waals surface area contributed by atoms with E-state index in [2.05, 4.69) is 23.3 Å². The zero-order valence-corrected chi connectivity index (χ0v) is 10.1. The molecule has 1 unspecified atom stereocenters. The third-order valence-corrected chi connectivity index (χ3v) is 2.84. The van der Waals surface area contributed by atoms with Crippen LogP contribution >= 0.6 is 0 Å². The fourth-order valence-electron chi connectivity index (χ4n) is 1.96. The summed E-state index contributed by atoms with van der Waals surface area (Å²) in [6.45, 7) is 3.08. The average Bonchev–Trinajstić information content (AvgIpc) is 2.89. The highest BCUT2D eigenvalue weighted by Gasteiger charge is 2.11. The Labute approximate surface area is 102 Å². The first kappa shape index (κ1) is 11.9. The third kappa shape index (κ3) is 3.43. The van der Waals surface area contributed by atoms with E-state index in [1.54, 1.807) is 12.5 Å². The van der Waals surface area contributed by atoms with Crippen LogP contribution in [0.15, 0.2) is 47.5 Å². The van der Waals surface area contributed by atoms with Gasteiger partial charge < -0.3 is 9.73 Å². The standard InChI is InChI=1S/C14H18N2O/c1-2-16-14(13-7-9-17-11-13)6-5-12-4-3-8-15-10-12/h3-4,7-11,14,16H,2,5-6H2,1H3. The van der Waals surface area contributed by atoms with Gasteiger partial charge >= 0.3 is 0 Å². The monoisotopic (exact) mass is 230 g/mol. The first-order valence-corrected chi connectivity index (χ1v) is 6.04. The molecule has 2 aromatic heterocycles. The van der Waals surface area contributed by atoms with E-state index in [9.17, 15) is 0 Å². The molecular weight excluding hydrogens is 212 g/mol. The Kier molecular flexibility index (Phi) is 4.33. The molecule has 1 atom stereocenters. The summed E-state index contributed by atoms with van der Waals surface area (Å²) in [7, 11) is 0. The lowest BCUT2D eigenvalue weighted by molar-refractivity contribution is 0.501. The molecule has 2 aromatic rings. The van der Waals surface area contributed by atoms with Gasteiger partial charge in [-0.15, -0.1) is 0 Å². The van der Waals surface area contributed by atoms with Gasteiger partial charge in [-0.05, 0) is 37.1 Å². The van der Waals surface area contributed by atoms with Crippen molar-refractivity contribution in [3.05, 3.63) is 54.2 Å². The van der Waals surface area contributed by atoms with Crippen molar-refractivity contribution >= 4 is 0 Å². The second-order valence-electron chi connectivity index (χ2n) is 4.07. The molecule has 0 saturated carbocycles. The van der Waals surface area contributed by atoms with Gasteiger partial charge in [0.2, 0.25) is 0 Å². The Balaban J connectivity index is 1.95. The number of aryl methyl sites for hydroxylation is 1. The van der Waals surface area contributed by atoms with Gasteiger partial charge in [-0.25, -0.2) is 0 Å². The lowest BCUT2D eigenvalue weighted by atomic mass is 10.0. The highest BCUT2D eigenvalue weighted by molar-refractivity contribution is 5.14. The Morgan fingerprint density at radius 3 is 3.00 bits per heavy atom. The minimum Gasteiger partial charge on any atom is -0.472 e. The highest BCUT2D eigenvalue weighted by atomic mass is 16.3. The largest absolute Gasteiger partial charge is 0.472 e. The average molecular weight is 230 g/mol. The summed E-state index contributed by atoms with van der Waals surface area (Å²) < 4.78 is 5.14.